The lowest BCUT2D eigenvalue weighted by Crippen LogP contribution is -2.44. The van der Waals surface area contributed by atoms with Crippen molar-refractivity contribution < 1.29 is 9.90 Å². The lowest BCUT2D eigenvalue weighted by molar-refractivity contribution is 0.0592. The first-order valence-electron chi connectivity index (χ1n) is 8.10. The highest BCUT2D eigenvalue weighted by Crippen LogP contribution is 2.25. The van der Waals surface area contributed by atoms with Crippen LogP contribution >= 0.6 is 0 Å². The molecule has 0 saturated carbocycles. The van der Waals surface area contributed by atoms with Gasteiger partial charge >= 0.3 is 0 Å². The molecule has 23 heavy (non-hydrogen) atoms. The van der Waals surface area contributed by atoms with E-state index in [1.54, 1.807) is 18.5 Å². The van der Waals surface area contributed by atoms with Crippen LogP contribution < -0.4 is 0 Å². The van der Waals surface area contributed by atoms with Crippen molar-refractivity contribution in [2.75, 3.05) is 6.54 Å². The molecule has 0 aliphatic carbocycles. The molecule has 2 aromatic heterocycles. The van der Waals surface area contributed by atoms with Gasteiger partial charge in [-0.15, -0.1) is 0 Å². The zero-order valence-corrected chi connectivity index (χ0v) is 13.1. The van der Waals surface area contributed by atoms with Gasteiger partial charge in [-0.2, -0.15) is 0 Å². The topological polar surface area (TPSA) is 66.3 Å². The zero-order valence-electron chi connectivity index (χ0n) is 13.1. The van der Waals surface area contributed by atoms with Gasteiger partial charge in [0.1, 0.15) is 5.75 Å². The van der Waals surface area contributed by atoms with Crippen molar-refractivity contribution in [3.8, 4) is 5.75 Å². The molecule has 2 aromatic rings. The van der Waals surface area contributed by atoms with Crippen LogP contribution in [0.4, 0.5) is 0 Å². The maximum atomic E-state index is 12.7. The van der Waals surface area contributed by atoms with Crippen LogP contribution in [0.3, 0.4) is 0 Å². The molecule has 3 rings (SSSR count). The van der Waals surface area contributed by atoms with E-state index in [4.69, 9.17) is 0 Å². The van der Waals surface area contributed by atoms with Gasteiger partial charge in [-0.05, 0) is 56.4 Å². The Labute approximate surface area is 136 Å². The average Bonchev–Trinajstić information content (AvgIpc) is 2.61. The molecule has 3 heterocycles. The molecule has 1 aliphatic heterocycles. The summed E-state index contributed by atoms with van der Waals surface area (Å²) in [6.45, 7) is 0.724. The number of amides is 1. The summed E-state index contributed by atoms with van der Waals surface area (Å²) in [5, 5.41) is 9.89. The van der Waals surface area contributed by atoms with E-state index < -0.39 is 0 Å². The number of carbonyl (C=O) groups excluding carboxylic acids is 1. The van der Waals surface area contributed by atoms with Gasteiger partial charge in [-0.25, -0.2) is 4.98 Å². The fraction of sp³-hybridized carbons (Fsp3) is 0.389. The lowest BCUT2D eigenvalue weighted by atomic mass is 9.96. The van der Waals surface area contributed by atoms with Gasteiger partial charge in [0.2, 0.25) is 0 Å². The molecule has 1 atom stereocenters. The Morgan fingerprint density at radius 2 is 2.04 bits per heavy atom. The summed E-state index contributed by atoms with van der Waals surface area (Å²) in [6, 6.07) is 9.22. The minimum atomic E-state index is -0.172. The van der Waals surface area contributed by atoms with Crippen LogP contribution in [0.5, 0.6) is 5.75 Å². The number of piperidine rings is 1. The number of aryl methyl sites for hydroxylation is 1. The van der Waals surface area contributed by atoms with Crippen molar-refractivity contribution in [2.45, 2.75) is 38.1 Å². The first-order valence-corrected chi connectivity index (χ1v) is 8.10. The van der Waals surface area contributed by atoms with Crippen molar-refractivity contribution in [3.63, 3.8) is 0 Å². The average molecular weight is 311 g/mol. The first-order chi connectivity index (χ1) is 11.3. The molecule has 1 fully saturated rings. The first kappa shape index (κ1) is 15.5. The van der Waals surface area contributed by atoms with Crippen LogP contribution in [0.1, 0.15) is 41.9 Å². The Morgan fingerprint density at radius 1 is 1.17 bits per heavy atom. The number of likely N-dealkylation sites (tertiary alicyclic amines) is 1. The molecule has 5 heteroatoms. The van der Waals surface area contributed by atoms with Gasteiger partial charge in [0.05, 0.1) is 0 Å². The lowest BCUT2D eigenvalue weighted by Gasteiger charge is -2.35. The molecule has 1 N–H and O–H groups in total. The molecule has 0 aromatic carbocycles. The zero-order chi connectivity index (χ0) is 16.1. The van der Waals surface area contributed by atoms with Gasteiger partial charge in [-0.1, -0.05) is 6.07 Å². The van der Waals surface area contributed by atoms with Gasteiger partial charge < -0.3 is 10.0 Å². The van der Waals surface area contributed by atoms with Crippen LogP contribution in [0.25, 0.3) is 0 Å². The summed E-state index contributed by atoms with van der Waals surface area (Å²) in [7, 11) is 0. The van der Waals surface area contributed by atoms with E-state index >= 15 is 0 Å². The van der Waals surface area contributed by atoms with E-state index in [-0.39, 0.29) is 23.4 Å². The number of aromatic nitrogens is 2. The van der Waals surface area contributed by atoms with E-state index in [2.05, 4.69) is 9.97 Å². The van der Waals surface area contributed by atoms with Gasteiger partial charge in [0.15, 0.2) is 5.69 Å². The minimum Gasteiger partial charge on any atom is -0.505 e. The number of hydrogen-bond donors (Lipinski definition) is 1. The van der Waals surface area contributed by atoms with Crippen LogP contribution in [0, 0.1) is 0 Å². The second kappa shape index (κ2) is 7.22. The quantitative estimate of drug-likeness (QED) is 0.943. The van der Waals surface area contributed by atoms with Crippen LogP contribution in [-0.4, -0.2) is 38.5 Å². The molecule has 0 radical (unpaired) electrons. The van der Waals surface area contributed by atoms with Gasteiger partial charge in [-0.3, -0.25) is 9.78 Å². The maximum absolute atomic E-state index is 12.7. The summed E-state index contributed by atoms with van der Waals surface area (Å²) in [5.74, 6) is -0.222. The van der Waals surface area contributed by atoms with E-state index in [0.29, 0.717) is 0 Å². The van der Waals surface area contributed by atoms with Crippen LogP contribution in [0.2, 0.25) is 0 Å². The fourth-order valence-corrected chi connectivity index (χ4v) is 3.13. The van der Waals surface area contributed by atoms with E-state index in [0.717, 1.165) is 44.3 Å². The molecular weight excluding hydrogens is 290 g/mol. The highest BCUT2D eigenvalue weighted by Gasteiger charge is 2.29. The van der Waals surface area contributed by atoms with Crippen molar-refractivity contribution in [1.82, 2.24) is 14.9 Å². The molecule has 1 saturated heterocycles. The number of hydrogen-bond acceptors (Lipinski definition) is 4. The monoisotopic (exact) mass is 311 g/mol. The highest BCUT2D eigenvalue weighted by atomic mass is 16.3. The summed E-state index contributed by atoms with van der Waals surface area (Å²) in [4.78, 5) is 23.0. The number of nitrogens with zero attached hydrogens (tertiary/aromatic N) is 3. The molecule has 0 spiro atoms. The van der Waals surface area contributed by atoms with E-state index in [9.17, 15) is 9.90 Å². The van der Waals surface area contributed by atoms with E-state index in [1.807, 2.05) is 23.1 Å². The minimum absolute atomic E-state index is 0.0495. The third-order valence-corrected chi connectivity index (χ3v) is 4.34. The van der Waals surface area contributed by atoms with Crippen LogP contribution in [-0.2, 0) is 6.42 Å². The second-order valence-electron chi connectivity index (χ2n) is 5.88. The normalized spacial score (nSPS) is 17.9. The SMILES string of the molecule is O=C(c1ncccc1O)N1CCCCC1CCc1ccccn1. The summed E-state index contributed by atoms with van der Waals surface area (Å²) >= 11 is 0. The predicted molar refractivity (Wildman–Crippen MR) is 87.1 cm³/mol. The largest absolute Gasteiger partial charge is 0.505 e. The standard InChI is InChI=1S/C18H21N3O2/c22-16-8-5-12-20-17(16)18(23)21-13-4-2-7-15(21)10-9-14-6-1-3-11-19-14/h1,3,5-6,8,11-12,15,22H,2,4,7,9-10,13H2. The Morgan fingerprint density at radius 3 is 2.83 bits per heavy atom. The Balaban J connectivity index is 1.71. The summed E-state index contributed by atoms with van der Waals surface area (Å²) in [5.41, 5.74) is 1.20. The molecule has 1 amide bonds. The Kier molecular flexibility index (Phi) is 4.86. The highest BCUT2D eigenvalue weighted by molar-refractivity contribution is 5.95. The smallest absolute Gasteiger partial charge is 0.276 e. The Hall–Kier alpha value is -2.43. The molecule has 1 aliphatic rings. The van der Waals surface area contributed by atoms with Crippen molar-refractivity contribution in [2.24, 2.45) is 0 Å². The maximum Gasteiger partial charge on any atom is 0.276 e. The summed E-state index contributed by atoms with van der Waals surface area (Å²) in [6.07, 6.45) is 8.20. The Bertz CT molecular complexity index is 660. The van der Waals surface area contributed by atoms with Crippen molar-refractivity contribution in [3.05, 3.63) is 54.1 Å². The van der Waals surface area contributed by atoms with Crippen molar-refractivity contribution in [1.29, 1.82) is 0 Å². The van der Waals surface area contributed by atoms with Crippen molar-refractivity contribution >= 4 is 5.91 Å². The van der Waals surface area contributed by atoms with Gasteiger partial charge in [0, 0.05) is 30.7 Å². The number of aromatic hydroxyl groups is 1. The fourth-order valence-electron chi connectivity index (χ4n) is 3.13. The number of rotatable bonds is 4. The number of carbonyl (C=O) groups is 1. The summed E-state index contributed by atoms with van der Waals surface area (Å²) < 4.78 is 0. The molecule has 1 unspecified atom stereocenters. The van der Waals surface area contributed by atoms with Gasteiger partial charge in [0.25, 0.3) is 5.91 Å². The third kappa shape index (κ3) is 3.67. The molecular formula is C18H21N3O2. The predicted octanol–water partition coefficient (Wildman–Crippen LogP) is 2.81. The second-order valence-corrected chi connectivity index (χ2v) is 5.88. The third-order valence-electron chi connectivity index (χ3n) is 4.34. The molecule has 120 valence electrons. The van der Waals surface area contributed by atoms with Crippen LogP contribution in [0.15, 0.2) is 42.7 Å². The molecule has 5 nitrogen and oxygen atoms in total. The van der Waals surface area contributed by atoms with E-state index in [1.165, 1.54) is 6.07 Å². The number of pyridine rings is 2. The molecule has 0 bridgehead atoms.